The zero-order valence-electron chi connectivity index (χ0n) is 15.0. The second-order valence-corrected chi connectivity index (χ2v) is 6.13. The van der Waals surface area contributed by atoms with Gasteiger partial charge in [-0.05, 0) is 30.0 Å². The van der Waals surface area contributed by atoms with E-state index in [0.717, 1.165) is 40.7 Å². The number of anilines is 2. The Morgan fingerprint density at radius 1 is 0.923 bits per heavy atom. The van der Waals surface area contributed by atoms with Crippen LogP contribution >= 0.6 is 0 Å². The third-order valence-electron chi connectivity index (χ3n) is 4.15. The van der Waals surface area contributed by atoms with Gasteiger partial charge in [0.1, 0.15) is 5.75 Å². The Morgan fingerprint density at radius 3 is 2.54 bits per heavy atom. The molecule has 0 radical (unpaired) electrons. The highest BCUT2D eigenvalue weighted by Gasteiger charge is 2.08. The average Bonchev–Trinajstić information content (AvgIpc) is 2.68. The monoisotopic (exact) mass is 348 g/mol. The molecule has 0 saturated heterocycles. The smallest absolute Gasteiger partial charge is 0.243 e. The molecule has 0 fully saturated rings. The standard InChI is InChI=1S/C22H24N2O2/c1-2-3-15-26-21-14-7-6-12-20(21)23-16-22(25)24-19-13-8-10-17-9-4-5-11-18(17)19/h4-14,23H,2-3,15-16H2,1H3,(H,24,25). The fourth-order valence-corrected chi connectivity index (χ4v) is 2.77. The summed E-state index contributed by atoms with van der Waals surface area (Å²) in [7, 11) is 0. The minimum atomic E-state index is -0.0929. The molecule has 0 aromatic heterocycles. The lowest BCUT2D eigenvalue weighted by atomic mass is 10.1. The SMILES string of the molecule is CCCCOc1ccccc1NCC(=O)Nc1cccc2ccccc12. The number of benzene rings is 3. The molecule has 0 atom stereocenters. The predicted molar refractivity (Wildman–Crippen MR) is 108 cm³/mol. The molecule has 0 bridgehead atoms. The van der Waals surface area contributed by atoms with E-state index >= 15 is 0 Å². The van der Waals surface area contributed by atoms with Crippen molar-refractivity contribution in [1.29, 1.82) is 0 Å². The maximum atomic E-state index is 12.4. The zero-order chi connectivity index (χ0) is 18.2. The summed E-state index contributed by atoms with van der Waals surface area (Å²) in [5.74, 6) is 0.684. The van der Waals surface area contributed by atoms with Crippen LogP contribution in [-0.4, -0.2) is 19.1 Å². The van der Waals surface area contributed by atoms with Gasteiger partial charge in [-0.15, -0.1) is 0 Å². The van der Waals surface area contributed by atoms with E-state index in [2.05, 4.69) is 17.6 Å². The molecule has 2 N–H and O–H groups in total. The zero-order valence-corrected chi connectivity index (χ0v) is 15.0. The van der Waals surface area contributed by atoms with Crippen molar-refractivity contribution in [3.8, 4) is 5.75 Å². The van der Waals surface area contributed by atoms with Gasteiger partial charge in [0, 0.05) is 11.1 Å². The second-order valence-electron chi connectivity index (χ2n) is 6.13. The molecular formula is C22H24N2O2. The highest BCUT2D eigenvalue weighted by molar-refractivity contribution is 6.03. The number of ether oxygens (including phenoxy) is 1. The first kappa shape index (κ1) is 17.8. The summed E-state index contributed by atoms with van der Waals surface area (Å²) in [6.07, 6.45) is 2.10. The number of rotatable bonds is 8. The van der Waals surface area contributed by atoms with Gasteiger partial charge >= 0.3 is 0 Å². The second kappa shape index (κ2) is 8.90. The van der Waals surface area contributed by atoms with E-state index in [1.165, 1.54) is 0 Å². The van der Waals surface area contributed by atoms with E-state index < -0.39 is 0 Å². The molecule has 0 aliphatic rings. The summed E-state index contributed by atoms with van der Waals surface area (Å²) in [5.41, 5.74) is 1.65. The number of hydrogen-bond donors (Lipinski definition) is 2. The number of para-hydroxylation sites is 2. The molecule has 0 saturated carbocycles. The number of hydrogen-bond acceptors (Lipinski definition) is 3. The Bertz CT molecular complexity index is 871. The van der Waals surface area contributed by atoms with Crippen LogP contribution in [0, 0.1) is 0 Å². The molecule has 0 spiro atoms. The first-order valence-corrected chi connectivity index (χ1v) is 9.01. The Labute approximate surface area is 154 Å². The van der Waals surface area contributed by atoms with Crippen LogP contribution < -0.4 is 15.4 Å². The average molecular weight is 348 g/mol. The van der Waals surface area contributed by atoms with Crippen LogP contribution in [0.3, 0.4) is 0 Å². The van der Waals surface area contributed by atoms with E-state index in [1.807, 2.05) is 66.7 Å². The number of amides is 1. The van der Waals surface area contributed by atoms with Gasteiger partial charge in [0.15, 0.2) is 0 Å². The number of fused-ring (bicyclic) bond motifs is 1. The molecule has 4 heteroatoms. The van der Waals surface area contributed by atoms with Crippen molar-refractivity contribution >= 4 is 28.1 Å². The van der Waals surface area contributed by atoms with E-state index in [-0.39, 0.29) is 12.5 Å². The molecule has 3 rings (SSSR count). The Balaban J connectivity index is 1.62. The van der Waals surface area contributed by atoms with E-state index in [4.69, 9.17) is 4.74 Å². The predicted octanol–water partition coefficient (Wildman–Crippen LogP) is 5.07. The molecule has 3 aromatic rings. The van der Waals surface area contributed by atoms with Crippen molar-refractivity contribution in [3.05, 3.63) is 66.7 Å². The number of nitrogens with one attached hydrogen (secondary N) is 2. The number of unbranched alkanes of at least 4 members (excludes halogenated alkanes) is 1. The van der Waals surface area contributed by atoms with Gasteiger partial charge in [-0.1, -0.05) is 61.9 Å². The van der Waals surface area contributed by atoms with Crippen LogP contribution in [0.25, 0.3) is 10.8 Å². The fraction of sp³-hybridized carbons (Fsp3) is 0.227. The van der Waals surface area contributed by atoms with Crippen molar-refractivity contribution in [3.63, 3.8) is 0 Å². The molecular weight excluding hydrogens is 324 g/mol. The Kier molecular flexibility index (Phi) is 6.09. The summed E-state index contributed by atoms with van der Waals surface area (Å²) in [4.78, 5) is 12.4. The van der Waals surface area contributed by atoms with Gasteiger partial charge in [-0.3, -0.25) is 4.79 Å². The largest absolute Gasteiger partial charge is 0.491 e. The molecule has 3 aromatic carbocycles. The summed E-state index contributed by atoms with van der Waals surface area (Å²) < 4.78 is 5.79. The van der Waals surface area contributed by atoms with Crippen LogP contribution in [0.2, 0.25) is 0 Å². The van der Waals surface area contributed by atoms with E-state index in [9.17, 15) is 4.79 Å². The molecule has 134 valence electrons. The summed E-state index contributed by atoms with van der Waals surface area (Å²) in [6, 6.07) is 21.6. The molecule has 26 heavy (non-hydrogen) atoms. The first-order valence-electron chi connectivity index (χ1n) is 9.01. The van der Waals surface area contributed by atoms with E-state index in [0.29, 0.717) is 6.61 Å². The van der Waals surface area contributed by atoms with Gasteiger partial charge < -0.3 is 15.4 Å². The van der Waals surface area contributed by atoms with E-state index in [1.54, 1.807) is 0 Å². The fourth-order valence-electron chi connectivity index (χ4n) is 2.77. The van der Waals surface area contributed by atoms with Gasteiger partial charge in [0.25, 0.3) is 0 Å². The van der Waals surface area contributed by atoms with Crippen LogP contribution in [0.5, 0.6) is 5.75 Å². The summed E-state index contributed by atoms with van der Waals surface area (Å²) >= 11 is 0. The van der Waals surface area contributed by atoms with Crippen LogP contribution in [-0.2, 0) is 4.79 Å². The lowest BCUT2D eigenvalue weighted by molar-refractivity contribution is -0.114. The van der Waals surface area contributed by atoms with Crippen molar-refractivity contribution in [2.45, 2.75) is 19.8 Å². The van der Waals surface area contributed by atoms with Crippen molar-refractivity contribution in [1.82, 2.24) is 0 Å². The quantitative estimate of drug-likeness (QED) is 0.559. The maximum Gasteiger partial charge on any atom is 0.243 e. The molecule has 0 aliphatic heterocycles. The third kappa shape index (κ3) is 4.54. The summed E-state index contributed by atoms with van der Waals surface area (Å²) in [5, 5.41) is 8.29. The molecule has 0 heterocycles. The Morgan fingerprint density at radius 2 is 1.65 bits per heavy atom. The number of carbonyl (C=O) groups excluding carboxylic acids is 1. The minimum Gasteiger partial charge on any atom is -0.491 e. The lowest BCUT2D eigenvalue weighted by Gasteiger charge is -2.13. The lowest BCUT2D eigenvalue weighted by Crippen LogP contribution is -2.22. The van der Waals surface area contributed by atoms with Gasteiger partial charge in [0.05, 0.1) is 18.8 Å². The first-order chi connectivity index (χ1) is 12.8. The van der Waals surface area contributed by atoms with Crippen molar-refractivity contribution < 1.29 is 9.53 Å². The summed E-state index contributed by atoms with van der Waals surface area (Å²) in [6.45, 7) is 2.99. The molecule has 0 unspecified atom stereocenters. The molecule has 1 amide bonds. The highest BCUT2D eigenvalue weighted by Crippen LogP contribution is 2.25. The van der Waals surface area contributed by atoms with Crippen LogP contribution in [0.1, 0.15) is 19.8 Å². The topological polar surface area (TPSA) is 50.4 Å². The molecule has 4 nitrogen and oxygen atoms in total. The normalized spacial score (nSPS) is 10.5. The molecule has 0 aliphatic carbocycles. The van der Waals surface area contributed by atoms with Gasteiger partial charge in [-0.25, -0.2) is 0 Å². The van der Waals surface area contributed by atoms with Gasteiger partial charge in [0.2, 0.25) is 5.91 Å². The van der Waals surface area contributed by atoms with Crippen LogP contribution in [0.15, 0.2) is 66.7 Å². The van der Waals surface area contributed by atoms with Crippen molar-refractivity contribution in [2.75, 3.05) is 23.8 Å². The van der Waals surface area contributed by atoms with Gasteiger partial charge in [-0.2, -0.15) is 0 Å². The highest BCUT2D eigenvalue weighted by atomic mass is 16.5. The minimum absolute atomic E-state index is 0.0929. The number of carbonyl (C=O) groups is 1. The third-order valence-corrected chi connectivity index (χ3v) is 4.15. The van der Waals surface area contributed by atoms with Crippen molar-refractivity contribution in [2.24, 2.45) is 0 Å². The van der Waals surface area contributed by atoms with Crippen LogP contribution in [0.4, 0.5) is 11.4 Å². The Hall–Kier alpha value is -3.01. The maximum absolute atomic E-state index is 12.4.